The molecule has 2 N–H and O–H groups in total. The first-order valence-corrected chi connectivity index (χ1v) is 6.35. The monoisotopic (exact) mass is 262 g/mol. The van der Waals surface area contributed by atoms with Crippen molar-refractivity contribution in [3.05, 3.63) is 29.9 Å². The molecular formula is C12H14N4OS. The van der Waals surface area contributed by atoms with Crippen molar-refractivity contribution in [1.29, 1.82) is 0 Å². The predicted octanol–water partition coefficient (Wildman–Crippen LogP) is 1.71. The van der Waals surface area contributed by atoms with Gasteiger partial charge in [-0.15, -0.1) is 17.9 Å². The minimum absolute atomic E-state index is 0.0892. The second-order valence-electron chi connectivity index (χ2n) is 3.74. The van der Waals surface area contributed by atoms with Gasteiger partial charge in [-0.3, -0.25) is 4.79 Å². The highest BCUT2D eigenvalue weighted by Gasteiger charge is 2.07. The van der Waals surface area contributed by atoms with Crippen LogP contribution in [0.2, 0.25) is 0 Å². The van der Waals surface area contributed by atoms with Crippen LogP contribution in [0.4, 0.5) is 5.82 Å². The van der Waals surface area contributed by atoms with Gasteiger partial charge in [0.2, 0.25) is 5.91 Å². The Kier molecular flexibility index (Phi) is 3.88. The number of hydrogen-bond donors (Lipinski definition) is 2. The molecule has 0 saturated carbocycles. The number of aryl methyl sites for hydroxylation is 1. The largest absolute Gasteiger partial charge is 0.360 e. The van der Waals surface area contributed by atoms with Gasteiger partial charge in [-0.25, -0.2) is 9.97 Å². The lowest BCUT2D eigenvalue weighted by molar-refractivity contribution is -0.119. The lowest BCUT2D eigenvalue weighted by atomic mass is 10.3. The molecule has 18 heavy (non-hydrogen) atoms. The van der Waals surface area contributed by atoms with Crippen LogP contribution in [0.25, 0.3) is 10.2 Å². The van der Waals surface area contributed by atoms with Crippen molar-refractivity contribution in [3.63, 3.8) is 0 Å². The third-order valence-corrected chi connectivity index (χ3v) is 3.27. The van der Waals surface area contributed by atoms with Crippen LogP contribution in [0.15, 0.2) is 25.0 Å². The minimum atomic E-state index is -0.0892. The highest BCUT2D eigenvalue weighted by Crippen LogP contribution is 2.27. The average molecular weight is 262 g/mol. The van der Waals surface area contributed by atoms with Crippen LogP contribution in [0.1, 0.15) is 4.88 Å². The first-order chi connectivity index (χ1) is 8.70. The summed E-state index contributed by atoms with van der Waals surface area (Å²) >= 11 is 1.61. The molecule has 0 aliphatic heterocycles. The molecule has 0 aliphatic carbocycles. The fourth-order valence-electron chi connectivity index (χ4n) is 1.53. The van der Waals surface area contributed by atoms with E-state index in [2.05, 4.69) is 27.2 Å². The average Bonchev–Trinajstić information content (AvgIpc) is 2.74. The van der Waals surface area contributed by atoms with E-state index in [1.54, 1.807) is 17.4 Å². The second-order valence-corrected chi connectivity index (χ2v) is 4.98. The molecule has 0 atom stereocenters. The number of nitrogens with zero attached hydrogens (tertiary/aromatic N) is 2. The van der Waals surface area contributed by atoms with Crippen molar-refractivity contribution in [2.75, 3.05) is 18.4 Å². The van der Waals surface area contributed by atoms with Crippen LogP contribution in [-0.4, -0.2) is 29.0 Å². The molecule has 6 heteroatoms. The van der Waals surface area contributed by atoms with E-state index in [0.717, 1.165) is 10.2 Å². The lowest BCUT2D eigenvalue weighted by Gasteiger charge is -2.06. The minimum Gasteiger partial charge on any atom is -0.360 e. The van der Waals surface area contributed by atoms with Gasteiger partial charge >= 0.3 is 0 Å². The van der Waals surface area contributed by atoms with Gasteiger partial charge in [0.15, 0.2) is 0 Å². The molecule has 2 rings (SSSR count). The Hall–Kier alpha value is -1.95. The number of hydrogen-bond acceptors (Lipinski definition) is 5. The van der Waals surface area contributed by atoms with E-state index in [1.165, 1.54) is 11.2 Å². The summed E-state index contributed by atoms with van der Waals surface area (Å²) in [6.07, 6.45) is 3.14. The van der Waals surface area contributed by atoms with Crippen LogP contribution < -0.4 is 10.6 Å². The maximum atomic E-state index is 11.5. The maximum Gasteiger partial charge on any atom is 0.239 e. The molecule has 94 valence electrons. The number of carbonyl (C=O) groups is 1. The summed E-state index contributed by atoms with van der Waals surface area (Å²) in [5.74, 6) is 0.603. The van der Waals surface area contributed by atoms with E-state index in [0.29, 0.717) is 12.4 Å². The predicted molar refractivity (Wildman–Crippen MR) is 73.8 cm³/mol. The molecule has 0 aromatic carbocycles. The van der Waals surface area contributed by atoms with E-state index >= 15 is 0 Å². The highest BCUT2D eigenvalue weighted by molar-refractivity contribution is 7.18. The molecular weight excluding hydrogens is 248 g/mol. The smallest absolute Gasteiger partial charge is 0.239 e. The molecule has 0 radical (unpaired) electrons. The molecule has 1 amide bonds. The number of amides is 1. The summed E-state index contributed by atoms with van der Waals surface area (Å²) < 4.78 is 0. The molecule has 0 aliphatic rings. The number of aromatic nitrogens is 2. The normalized spacial score (nSPS) is 10.3. The van der Waals surface area contributed by atoms with E-state index in [1.807, 2.05) is 13.0 Å². The zero-order valence-corrected chi connectivity index (χ0v) is 10.9. The number of anilines is 1. The SMILES string of the molecule is C=CCNC(=O)CNc1ncnc2sc(C)cc12. The van der Waals surface area contributed by atoms with Gasteiger partial charge in [0, 0.05) is 11.4 Å². The summed E-state index contributed by atoms with van der Waals surface area (Å²) in [4.78, 5) is 21.9. The number of carbonyl (C=O) groups excluding carboxylic acids is 1. The maximum absolute atomic E-state index is 11.5. The standard InChI is InChI=1S/C12H14N4OS/c1-3-4-13-10(17)6-14-11-9-5-8(2)18-12(9)16-7-15-11/h3,5,7H,1,4,6H2,2H3,(H,13,17)(H,14,15,16). The van der Waals surface area contributed by atoms with E-state index < -0.39 is 0 Å². The Balaban J connectivity index is 2.07. The topological polar surface area (TPSA) is 66.9 Å². The lowest BCUT2D eigenvalue weighted by Crippen LogP contribution is -2.30. The first-order valence-electron chi connectivity index (χ1n) is 5.53. The summed E-state index contributed by atoms with van der Waals surface area (Å²) in [6, 6.07) is 2.02. The van der Waals surface area contributed by atoms with Gasteiger partial charge in [-0.2, -0.15) is 0 Å². The van der Waals surface area contributed by atoms with Crippen molar-refractivity contribution >= 4 is 33.3 Å². The molecule has 0 bridgehead atoms. The zero-order valence-electron chi connectivity index (χ0n) is 10.1. The molecule has 0 fully saturated rings. The van der Waals surface area contributed by atoms with Crippen molar-refractivity contribution in [1.82, 2.24) is 15.3 Å². The highest BCUT2D eigenvalue weighted by atomic mass is 32.1. The van der Waals surface area contributed by atoms with Crippen LogP contribution in [0, 0.1) is 6.92 Å². The summed E-state index contributed by atoms with van der Waals surface area (Å²) in [7, 11) is 0. The van der Waals surface area contributed by atoms with Crippen LogP contribution in [-0.2, 0) is 4.79 Å². The van der Waals surface area contributed by atoms with Crippen molar-refractivity contribution in [2.45, 2.75) is 6.92 Å². The number of nitrogens with one attached hydrogen (secondary N) is 2. The molecule has 5 nitrogen and oxygen atoms in total. The van der Waals surface area contributed by atoms with E-state index in [-0.39, 0.29) is 12.5 Å². The fourth-order valence-corrected chi connectivity index (χ4v) is 2.38. The van der Waals surface area contributed by atoms with Crippen molar-refractivity contribution in [3.8, 4) is 0 Å². The summed E-state index contributed by atoms with van der Waals surface area (Å²) in [5.41, 5.74) is 0. The first kappa shape index (κ1) is 12.5. The molecule has 2 heterocycles. The van der Waals surface area contributed by atoms with Gasteiger partial charge < -0.3 is 10.6 Å². The van der Waals surface area contributed by atoms with E-state index in [4.69, 9.17) is 0 Å². The van der Waals surface area contributed by atoms with Gasteiger partial charge in [0.1, 0.15) is 17.0 Å². The molecule has 2 aromatic heterocycles. The Morgan fingerprint density at radius 1 is 1.56 bits per heavy atom. The van der Waals surface area contributed by atoms with Gasteiger partial charge in [-0.1, -0.05) is 6.08 Å². The van der Waals surface area contributed by atoms with Crippen molar-refractivity contribution < 1.29 is 4.79 Å². The Morgan fingerprint density at radius 2 is 2.39 bits per heavy atom. The summed E-state index contributed by atoms with van der Waals surface area (Å²) in [6.45, 7) is 6.22. The second kappa shape index (κ2) is 5.59. The third kappa shape index (κ3) is 2.84. The number of thiophene rings is 1. The van der Waals surface area contributed by atoms with Gasteiger partial charge in [-0.05, 0) is 13.0 Å². The molecule has 2 aromatic rings. The quantitative estimate of drug-likeness (QED) is 0.805. The molecule has 0 unspecified atom stereocenters. The van der Waals surface area contributed by atoms with Crippen molar-refractivity contribution in [2.24, 2.45) is 0 Å². The van der Waals surface area contributed by atoms with Crippen LogP contribution in [0.5, 0.6) is 0 Å². The summed E-state index contributed by atoms with van der Waals surface area (Å²) in [5, 5.41) is 6.67. The molecule has 0 spiro atoms. The van der Waals surface area contributed by atoms with Gasteiger partial charge in [0.25, 0.3) is 0 Å². The molecule has 0 saturated heterocycles. The third-order valence-electron chi connectivity index (χ3n) is 2.31. The zero-order chi connectivity index (χ0) is 13.0. The Morgan fingerprint density at radius 3 is 3.17 bits per heavy atom. The van der Waals surface area contributed by atoms with E-state index in [9.17, 15) is 4.79 Å². The Labute approximate surface area is 109 Å². The number of rotatable bonds is 5. The fraction of sp³-hybridized carbons (Fsp3) is 0.250. The Bertz CT molecular complexity index is 578. The number of fused-ring (bicyclic) bond motifs is 1. The van der Waals surface area contributed by atoms with Crippen LogP contribution >= 0.6 is 11.3 Å². The van der Waals surface area contributed by atoms with Crippen LogP contribution in [0.3, 0.4) is 0 Å². The van der Waals surface area contributed by atoms with Gasteiger partial charge in [0.05, 0.1) is 11.9 Å².